The molecular weight excluding hydrogens is 245 g/mol. The SMILES string of the molecule is CN(CCO)C(C#N)c1ccc(C(F)(F)F)cc1. The van der Waals surface area contributed by atoms with Crippen molar-refractivity contribution in [1.29, 1.82) is 5.26 Å². The lowest BCUT2D eigenvalue weighted by Gasteiger charge is -2.21. The van der Waals surface area contributed by atoms with E-state index in [2.05, 4.69) is 0 Å². The van der Waals surface area contributed by atoms with Crippen LogP contribution >= 0.6 is 0 Å². The van der Waals surface area contributed by atoms with E-state index in [9.17, 15) is 13.2 Å². The summed E-state index contributed by atoms with van der Waals surface area (Å²) in [5, 5.41) is 17.8. The first-order valence-corrected chi connectivity index (χ1v) is 5.28. The molecular formula is C12H13F3N2O. The number of benzene rings is 1. The highest BCUT2D eigenvalue weighted by molar-refractivity contribution is 5.29. The molecule has 1 aromatic carbocycles. The summed E-state index contributed by atoms with van der Waals surface area (Å²) in [7, 11) is 1.63. The Morgan fingerprint density at radius 2 is 1.89 bits per heavy atom. The number of nitrogens with zero attached hydrogens (tertiary/aromatic N) is 2. The van der Waals surface area contributed by atoms with Gasteiger partial charge in [0.2, 0.25) is 0 Å². The maximum absolute atomic E-state index is 12.4. The van der Waals surface area contributed by atoms with Crippen LogP contribution in [0, 0.1) is 11.3 Å². The molecule has 0 bridgehead atoms. The highest BCUT2D eigenvalue weighted by Gasteiger charge is 2.30. The Kier molecular flexibility index (Phi) is 4.70. The minimum Gasteiger partial charge on any atom is -0.395 e. The molecule has 0 spiro atoms. The van der Waals surface area contributed by atoms with Crippen molar-refractivity contribution in [3.05, 3.63) is 35.4 Å². The Morgan fingerprint density at radius 1 is 1.33 bits per heavy atom. The van der Waals surface area contributed by atoms with Gasteiger partial charge in [-0.1, -0.05) is 12.1 Å². The minimum absolute atomic E-state index is 0.116. The molecule has 1 atom stereocenters. The molecule has 0 fully saturated rings. The van der Waals surface area contributed by atoms with Crippen LogP contribution in [0.3, 0.4) is 0 Å². The van der Waals surface area contributed by atoms with Crippen molar-refractivity contribution in [1.82, 2.24) is 4.90 Å². The topological polar surface area (TPSA) is 47.3 Å². The van der Waals surface area contributed by atoms with Crippen molar-refractivity contribution in [3.8, 4) is 6.07 Å². The summed E-state index contributed by atoms with van der Waals surface area (Å²) in [5.74, 6) is 0. The van der Waals surface area contributed by atoms with Gasteiger partial charge in [-0.15, -0.1) is 0 Å². The number of hydrogen-bond donors (Lipinski definition) is 1. The first kappa shape index (κ1) is 14.5. The molecule has 6 heteroatoms. The Labute approximate surface area is 103 Å². The predicted molar refractivity (Wildman–Crippen MR) is 59.5 cm³/mol. The van der Waals surface area contributed by atoms with E-state index in [1.54, 1.807) is 11.9 Å². The van der Waals surface area contributed by atoms with Crippen LogP contribution in [0.1, 0.15) is 17.2 Å². The second-order valence-electron chi connectivity index (χ2n) is 3.86. The summed E-state index contributed by atoms with van der Waals surface area (Å²) < 4.78 is 37.1. The van der Waals surface area contributed by atoms with E-state index in [0.29, 0.717) is 5.56 Å². The second-order valence-corrected chi connectivity index (χ2v) is 3.86. The molecule has 0 radical (unpaired) electrons. The second kappa shape index (κ2) is 5.85. The van der Waals surface area contributed by atoms with Crippen molar-refractivity contribution >= 4 is 0 Å². The zero-order valence-corrected chi connectivity index (χ0v) is 9.78. The number of alkyl halides is 3. The molecule has 0 aromatic heterocycles. The monoisotopic (exact) mass is 258 g/mol. The number of likely N-dealkylation sites (N-methyl/N-ethyl adjacent to an activating group) is 1. The van der Waals surface area contributed by atoms with Crippen LogP contribution < -0.4 is 0 Å². The largest absolute Gasteiger partial charge is 0.416 e. The summed E-state index contributed by atoms with van der Waals surface area (Å²) in [6.07, 6.45) is -4.38. The summed E-state index contributed by atoms with van der Waals surface area (Å²) in [6, 6.07) is 5.79. The maximum atomic E-state index is 12.4. The van der Waals surface area contributed by atoms with Gasteiger partial charge in [0.1, 0.15) is 6.04 Å². The molecule has 1 unspecified atom stereocenters. The quantitative estimate of drug-likeness (QED) is 0.900. The molecule has 1 aromatic rings. The van der Waals surface area contributed by atoms with Crippen LogP contribution in [-0.2, 0) is 6.18 Å². The number of rotatable bonds is 4. The molecule has 0 aliphatic heterocycles. The fraction of sp³-hybridized carbons (Fsp3) is 0.417. The first-order valence-electron chi connectivity index (χ1n) is 5.28. The predicted octanol–water partition coefficient (Wildman–Crippen LogP) is 2.19. The van der Waals surface area contributed by atoms with E-state index in [-0.39, 0.29) is 13.2 Å². The van der Waals surface area contributed by atoms with Crippen molar-refractivity contribution in [2.45, 2.75) is 12.2 Å². The molecule has 1 rings (SSSR count). The van der Waals surface area contributed by atoms with E-state index >= 15 is 0 Å². The van der Waals surface area contributed by atoms with Crippen molar-refractivity contribution in [2.24, 2.45) is 0 Å². The molecule has 1 N–H and O–H groups in total. The van der Waals surface area contributed by atoms with Gasteiger partial charge in [0.25, 0.3) is 0 Å². The maximum Gasteiger partial charge on any atom is 0.416 e. The van der Waals surface area contributed by atoms with Crippen molar-refractivity contribution in [2.75, 3.05) is 20.2 Å². The smallest absolute Gasteiger partial charge is 0.395 e. The lowest BCUT2D eigenvalue weighted by Crippen LogP contribution is -2.26. The number of aliphatic hydroxyl groups excluding tert-OH is 1. The molecule has 0 aliphatic carbocycles. The van der Waals surface area contributed by atoms with E-state index < -0.39 is 17.8 Å². The van der Waals surface area contributed by atoms with E-state index in [0.717, 1.165) is 12.1 Å². The Balaban J connectivity index is 2.93. The number of halogens is 3. The van der Waals surface area contributed by atoms with Crippen LogP contribution in [0.4, 0.5) is 13.2 Å². The van der Waals surface area contributed by atoms with Crippen LogP contribution in [0.2, 0.25) is 0 Å². The summed E-state index contributed by atoms with van der Waals surface area (Å²) in [4.78, 5) is 1.57. The van der Waals surface area contributed by atoms with E-state index in [4.69, 9.17) is 10.4 Å². The number of hydrogen-bond acceptors (Lipinski definition) is 3. The zero-order chi connectivity index (χ0) is 13.8. The van der Waals surface area contributed by atoms with Gasteiger partial charge < -0.3 is 5.11 Å². The molecule has 0 saturated carbocycles. The van der Waals surface area contributed by atoms with Gasteiger partial charge in [-0.05, 0) is 24.7 Å². The van der Waals surface area contributed by atoms with Gasteiger partial charge in [0, 0.05) is 6.54 Å². The number of aliphatic hydroxyl groups is 1. The third-order valence-electron chi connectivity index (χ3n) is 2.57. The van der Waals surface area contributed by atoms with Crippen LogP contribution in [-0.4, -0.2) is 30.2 Å². The minimum atomic E-state index is -4.38. The third kappa shape index (κ3) is 3.45. The zero-order valence-electron chi connectivity index (χ0n) is 9.78. The van der Waals surface area contributed by atoms with Crippen molar-refractivity contribution in [3.63, 3.8) is 0 Å². The average Bonchev–Trinajstić information content (AvgIpc) is 2.30. The van der Waals surface area contributed by atoms with Gasteiger partial charge in [-0.3, -0.25) is 4.90 Å². The van der Waals surface area contributed by atoms with Crippen molar-refractivity contribution < 1.29 is 18.3 Å². The third-order valence-corrected chi connectivity index (χ3v) is 2.57. The molecule has 3 nitrogen and oxygen atoms in total. The molecule has 0 heterocycles. The summed E-state index contributed by atoms with van der Waals surface area (Å²) in [6.45, 7) is 0.161. The van der Waals surface area contributed by atoms with Gasteiger partial charge in [0.15, 0.2) is 0 Å². The molecule has 18 heavy (non-hydrogen) atoms. The van der Waals surface area contributed by atoms with Gasteiger partial charge in [-0.25, -0.2) is 0 Å². The van der Waals surface area contributed by atoms with Gasteiger partial charge in [0.05, 0.1) is 18.2 Å². The normalized spacial score (nSPS) is 13.4. The fourth-order valence-corrected chi connectivity index (χ4v) is 1.57. The molecule has 98 valence electrons. The molecule has 0 aliphatic rings. The Bertz CT molecular complexity index is 422. The van der Waals surface area contributed by atoms with Gasteiger partial charge in [-0.2, -0.15) is 18.4 Å². The first-order chi connectivity index (χ1) is 8.40. The van der Waals surface area contributed by atoms with E-state index in [1.165, 1.54) is 12.1 Å². The fourth-order valence-electron chi connectivity index (χ4n) is 1.57. The van der Waals surface area contributed by atoms with Gasteiger partial charge >= 0.3 is 6.18 Å². The number of nitriles is 1. The van der Waals surface area contributed by atoms with Crippen LogP contribution in [0.5, 0.6) is 0 Å². The molecule has 0 amide bonds. The van der Waals surface area contributed by atoms with Crippen LogP contribution in [0.15, 0.2) is 24.3 Å². The molecule has 0 saturated heterocycles. The highest BCUT2D eigenvalue weighted by Crippen LogP contribution is 2.30. The standard InChI is InChI=1S/C12H13F3N2O/c1-17(6-7-18)11(8-16)9-2-4-10(5-3-9)12(13,14)15/h2-5,11,18H,6-7H2,1H3. The Hall–Kier alpha value is -1.58. The average molecular weight is 258 g/mol. The lowest BCUT2D eigenvalue weighted by atomic mass is 10.0. The van der Waals surface area contributed by atoms with E-state index in [1.807, 2.05) is 6.07 Å². The lowest BCUT2D eigenvalue weighted by molar-refractivity contribution is -0.137. The summed E-state index contributed by atoms with van der Waals surface area (Å²) >= 11 is 0. The highest BCUT2D eigenvalue weighted by atomic mass is 19.4. The summed E-state index contributed by atoms with van der Waals surface area (Å²) in [5.41, 5.74) is -0.269. The Morgan fingerprint density at radius 3 is 2.28 bits per heavy atom. The van der Waals surface area contributed by atoms with Crippen LogP contribution in [0.25, 0.3) is 0 Å².